The highest BCUT2D eigenvalue weighted by atomic mass is 35.5. The SMILES string of the molecule is CCCc1nc(-c2cccc(Cl)c2Cl)c(N)n1C(C)C. The van der Waals surface area contributed by atoms with E-state index in [2.05, 4.69) is 30.3 Å². The molecule has 0 radical (unpaired) electrons. The van der Waals surface area contributed by atoms with Crippen molar-refractivity contribution >= 4 is 29.0 Å². The summed E-state index contributed by atoms with van der Waals surface area (Å²) in [6.07, 6.45) is 1.91. The van der Waals surface area contributed by atoms with Gasteiger partial charge in [0.1, 0.15) is 17.3 Å². The van der Waals surface area contributed by atoms with Crippen LogP contribution in [0.3, 0.4) is 0 Å². The molecule has 0 aliphatic carbocycles. The van der Waals surface area contributed by atoms with Crippen LogP contribution >= 0.6 is 23.2 Å². The van der Waals surface area contributed by atoms with Gasteiger partial charge in [-0.1, -0.05) is 42.3 Å². The first kappa shape index (κ1) is 15.2. The molecule has 1 heterocycles. The first-order valence-corrected chi connectivity index (χ1v) is 7.53. The molecule has 0 bridgehead atoms. The third-order valence-electron chi connectivity index (χ3n) is 3.22. The highest BCUT2D eigenvalue weighted by Gasteiger charge is 2.19. The normalized spacial score (nSPS) is 11.3. The molecule has 2 N–H and O–H groups in total. The molecule has 0 aliphatic heterocycles. The Morgan fingerprint density at radius 1 is 1.30 bits per heavy atom. The fourth-order valence-corrected chi connectivity index (χ4v) is 2.74. The van der Waals surface area contributed by atoms with E-state index in [1.807, 2.05) is 12.1 Å². The number of hydrogen-bond acceptors (Lipinski definition) is 2. The zero-order valence-corrected chi connectivity index (χ0v) is 13.5. The van der Waals surface area contributed by atoms with Gasteiger partial charge >= 0.3 is 0 Å². The second-order valence-corrected chi connectivity index (χ2v) is 5.86. The van der Waals surface area contributed by atoms with Crippen LogP contribution in [-0.4, -0.2) is 9.55 Å². The molecule has 5 heteroatoms. The zero-order valence-electron chi connectivity index (χ0n) is 12.0. The number of nitrogens with zero attached hydrogens (tertiary/aromatic N) is 2. The number of halogens is 2. The summed E-state index contributed by atoms with van der Waals surface area (Å²) in [7, 11) is 0. The lowest BCUT2D eigenvalue weighted by Gasteiger charge is -2.13. The minimum atomic E-state index is 0.260. The van der Waals surface area contributed by atoms with E-state index < -0.39 is 0 Å². The van der Waals surface area contributed by atoms with Crippen LogP contribution in [0.25, 0.3) is 11.3 Å². The second-order valence-electron chi connectivity index (χ2n) is 5.08. The van der Waals surface area contributed by atoms with Crippen LogP contribution in [0.1, 0.15) is 39.1 Å². The Labute approximate surface area is 129 Å². The van der Waals surface area contributed by atoms with Crippen molar-refractivity contribution in [1.29, 1.82) is 0 Å². The van der Waals surface area contributed by atoms with Gasteiger partial charge in [-0.2, -0.15) is 0 Å². The summed E-state index contributed by atoms with van der Waals surface area (Å²) in [4.78, 5) is 4.69. The molecule has 0 saturated heterocycles. The molecule has 0 fully saturated rings. The maximum Gasteiger partial charge on any atom is 0.132 e. The fraction of sp³-hybridized carbons (Fsp3) is 0.400. The van der Waals surface area contributed by atoms with Crippen molar-refractivity contribution < 1.29 is 0 Å². The quantitative estimate of drug-likeness (QED) is 0.866. The van der Waals surface area contributed by atoms with E-state index in [9.17, 15) is 0 Å². The lowest BCUT2D eigenvalue weighted by Crippen LogP contribution is -2.09. The summed E-state index contributed by atoms with van der Waals surface area (Å²) in [5, 5.41) is 1.01. The molecule has 0 atom stereocenters. The first-order valence-electron chi connectivity index (χ1n) is 6.78. The standard InChI is InChI=1S/C15H19Cl2N3/c1-4-6-12-19-14(15(18)20(12)9(2)3)10-7-5-8-11(16)13(10)17/h5,7-9H,4,6,18H2,1-3H3. The van der Waals surface area contributed by atoms with Gasteiger partial charge in [0.05, 0.1) is 10.0 Å². The number of rotatable bonds is 4. The van der Waals surface area contributed by atoms with Gasteiger partial charge in [0, 0.05) is 18.0 Å². The number of nitrogens with two attached hydrogens (primary N) is 1. The Hall–Kier alpha value is -1.19. The highest BCUT2D eigenvalue weighted by Crippen LogP contribution is 2.37. The van der Waals surface area contributed by atoms with Crippen LogP contribution in [0.5, 0.6) is 0 Å². The van der Waals surface area contributed by atoms with Crippen molar-refractivity contribution in [2.24, 2.45) is 0 Å². The molecule has 20 heavy (non-hydrogen) atoms. The predicted octanol–water partition coefficient (Wildman–Crippen LogP) is 4.97. The second kappa shape index (κ2) is 6.06. The fourth-order valence-electron chi connectivity index (χ4n) is 2.35. The number of aromatic nitrogens is 2. The number of hydrogen-bond donors (Lipinski definition) is 1. The summed E-state index contributed by atoms with van der Waals surface area (Å²) >= 11 is 12.4. The smallest absolute Gasteiger partial charge is 0.132 e. The Kier molecular flexibility index (Phi) is 4.61. The molecular weight excluding hydrogens is 293 g/mol. The number of nitrogen functional groups attached to an aromatic ring is 1. The van der Waals surface area contributed by atoms with E-state index in [0.717, 1.165) is 29.9 Å². The van der Waals surface area contributed by atoms with E-state index in [4.69, 9.17) is 28.9 Å². The van der Waals surface area contributed by atoms with Crippen LogP contribution < -0.4 is 5.73 Å². The van der Waals surface area contributed by atoms with E-state index in [1.54, 1.807) is 6.07 Å². The summed E-state index contributed by atoms with van der Waals surface area (Å²) < 4.78 is 2.07. The van der Waals surface area contributed by atoms with Gasteiger partial charge in [-0.15, -0.1) is 0 Å². The molecule has 0 amide bonds. The molecule has 0 aliphatic rings. The molecule has 0 spiro atoms. The van der Waals surface area contributed by atoms with E-state index in [0.29, 0.717) is 15.9 Å². The van der Waals surface area contributed by atoms with Crippen LogP contribution in [0, 0.1) is 0 Å². The Morgan fingerprint density at radius 2 is 2.00 bits per heavy atom. The summed E-state index contributed by atoms with van der Waals surface area (Å²) in [6, 6.07) is 5.77. The Morgan fingerprint density at radius 3 is 2.60 bits per heavy atom. The Balaban J connectivity index is 2.63. The molecule has 1 aromatic heterocycles. The van der Waals surface area contributed by atoms with Gasteiger partial charge in [0.2, 0.25) is 0 Å². The van der Waals surface area contributed by atoms with Crippen LogP contribution in [-0.2, 0) is 6.42 Å². The molecule has 108 valence electrons. The molecule has 2 aromatic rings. The summed E-state index contributed by atoms with van der Waals surface area (Å²) in [5.41, 5.74) is 7.79. The minimum Gasteiger partial charge on any atom is -0.383 e. The molecule has 0 unspecified atom stereocenters. The van der Waals surface area contributed by atoms with Crippen LogP contribution in [0.4, 0.5) is 5.82 Å². The number of imidazole rings is 1. The van der Waals surface area contributed by atoms with Crippen molar-refractivity contribution in [2.45, 2.75) is 39.7 Å². The number of aryl methyl sites for hydroxylation is 1. The van der Waals surface area contributed by atoms with Crippen molar-refractivity contribution in [2.75, 3.05) is 5.73 Å². The molecule has 2 rings (SSSR count). The Bertz CT molecular complexity index is 618. The summed E-state index contributed by atoms with van der Waals surface area (Å²) in [5.74, 6) is 1.64. The third kappa shape index (κ3) is 2.65. The van der Waals surface area contributed by atoms with Crippen LogP contribution in [0.2, 0.25) is 10.0 Å². The van der Waals surface area contributed by atoms with Crippen molar-refractivity contribution in [3.8, 4) is 11.3 Å². The van der Waals surface area contributed by atoms with Crippen molar-refractivity contribution in [1.82, 2.24) is 9.55 Å². The minimum absolute atomic E-state index is 0.260. The number of anilines is 1. The summed E-state index contributed by atoms with van der Waals surface area (Å²) in [6.45, 7) is 6.32. The molecular formula is C15H19Cl2N3. The monoisotopic (exact) mass is 311 g/mol. The molecule has 0 saturated carbocycles. The molecule has 3 nitrogen and oxygen atoms in total. The topological polar surface area (TPSA) is 43.8 Å². The lowest BCUT2D eigenvalue weighted by atomic mass is 10.1. The third-order valence-corrected chi connectivity index (χ3v) is 4.04. The van der Waals surface area contributed by atoms with Gasteiger partial charge in [0.25, 0.3) is 0 Å². The molecule has 1 aromatic carbocycles. The maximum absolute atomic E-state index is 6.29. The van der Waals surface area contributed by atoms with Gasteiger partial charge in [0.15, 0.2) is 0 Å². The predicted molar refractivity (Wildman–Crippen MR) is 86.5 cm³/mol. The van der Waals surface area contributed by atoms with Gasteiger partial charge in [-0.3, -0.25) is 0 Å². The zero-order chi connectivity index (χ0) is 14.9. The average molecular weight is 312 g/mol. The van der Waals surface area contributed by atoms with Gasteiger partial charge in [-0.25, -0.2) is 4.98 Å². The lowest BCUT2D eigenvalue weighted by molar-refractivity contribution is 0.571. The largest absolute Gasteiger partial charge is 0.383 e. The van der Waals surface area contributed by atoms with Gasteiger partial charge < -0.3 is 10.3 Å². The van der Waals surface area contributed by atoms with E-state index in [1.165, 1.54) is 0 Å². The van der Waals surface area contributed by atoms with E-state index in [-0.39, 0.29) is 6.04 Å². The maximum atomic E-state index is 6.29. The highest BCUT2D eigenvalue weighted by molar-refractivity contribution is 6.43. The van der Waals surface area contributed by atoms with Crippen LogP contribution in [0.15, 0.2) is 18.2 Å². The van der Waals surface area contributed by atoms with Gasteiger partial charge in [-0.05, 0) is 26.3 Å². The van der Waals surface area contributed by atoms with Crippen molar-refractivity contribution in [3.63, 3.8) is 0 Å². The van der Waals surface area contributed by atoms with E-state index >= 15 is 0 Å². The number of benzene rings is 1. The average Bonchev–Trinajstić information content (AvgIpc) is 2.70. The first-order chi connectivity index (χ1) is 9.47. The van der Waals surface area contributed by atoms with Crippen molar-refractivity contribution in [3.05, 3.63) is 34.1 Å².